The van der Waals surface area contributed by atoms with Gasteiger partial charge in [-0.2, -0.15) is 0 Å². The summed E-state index contributed by atoms with van der Waals surface area (Å²) in [7, 11) is 0. The first-order chi connectivity index (χ1) is 11.6. The lowest BCUT2D eigenvalue weighted by atomic mass is 10.1. The van der Waals surface area contributed by atoms with Crippen molar-refractivity contribution in [2.45, 2.75) is 13.5 Å². The second kappa shape index (κ2) is 9.65. The average molecular weight is 367 g/mol. The number of benzene rings is 2. The molecule has 0 amide bonds. The Hall–Kier alpha value is -1.58. The van der Waals surface area contributed by atoms with Crippen LogP contribution in [-0.4, -0.2) is 31.1 Å². The molecule has 24 heavy (non-hydrogen) atoms. The van der Waals surface area contributed by atoms with Crippen molar-refractivity contribution in [3.63, 3.8) is 0 Å². The van der Waals surface area contributed by atoms with Gasteiger partial charge in [0.05, 0.1) is 6.54 Å². The van der Waals surface area contributed by atoms with E-state index in [2.05, 4.69) is 28.9 Å². The van der Waals surface area contributed by atoms with Gasteiger partial charge in [0.15, 0.2) is 0 Å². The van der Waals surface area contributed by atoms with E-state index in [0.717, 1.165) is 35.5 Å². The Morgan fingerprint density at radius 2 is 1.71 bits per heavy atom. The van der Waals surface area contributed by atoms with Crippen LogP contribution in [-0.2, 0) is 6.54 Å². The van der Waals surface area contributed by atoms with Crippen molar-refractivity contribution in [2.75, 3.05) is 29.7 Å². The topological polar surface area (TPSA) is 15.6 Å². The summed E-state index contributed by atoms with van der Waals surface area (Å²) in [5.41, 5.74) is 4.31. The minimum atomic E-state index is -0.229. The predicted molar refractivity (Wildman–Crippen MR) is 103 cm³/mol. The first kappa shape index (κ1) is 18.8. The highest BCUT2D eigenvalue weighted by Gasteiger charge is 2.06. The fraction of sp³-hybridized carbons (Fsp3) is 0.316. The number of hydrogen-bond acceptors (Lipinski definition) is 2. The van der Waals surface area contributed by atoms with Crippen LogP contribution in [0.15, 0.2) is 47.5 Å². The molecule has 2 nitrogen and oxygen atoms in total. The van der Waals surface area contributed by atoms with E-state index in [1.807, 2.05) is 12.3 Å². The Kier molecular flexibility index (Phi) is 7.54. The zero-order valence-corrected chi connectivity index (χ0v) is 15.2. The standard InChI is InChI=1S/C19H21Cl2FN2/c1-15-12-19(24(10-8-20)11-9-21)7-4-17(15)14-23-13-16-2-5-18(22)6-3-16/h2-7,12,14H,8-11,13H2,1H3. The summed E-state index contributed by atoms with van der Waals surface area (Å²) in [5, 5.41) is 0. The molecule has 0 saturated heterocycles. The van der Waals surface area contributed by atoms with E-state index in [1.165, 1.54) is 12.1 Å². The fourth-order valence-electron chi connectivity index (χ4n) is 2.41. The molecule has 0 bridgehead atoms. The lowest BCUT2D eigenvalue weighted by Gasteiger charge is -2.23. The summed E-state index contributed by atoms with van der Waals surface area (Å²) >= 11 is 11.7. The van der Waals surface area contributed by atoms with Crippen molar-refractivity contribution in [3.05, 3.63) is 65.0 Å². The highest BCUT2D eigenvalue weighted by atomic mass is 35.5. The monoisotopic (exact) mass is 366 g/mol. The van der Waals surface area contributed by atoms with Gasteiger partial charge in [-0.15, -0.1) is 23.2 Å². The molecule has 128 valence electrons. The maximum absolute atomic E-state index is 12.9. The van der Waals surface area contributed by atoms with Crippen LogP contribution in [0.1, 0.15) is 16.7 Å². The molecule has 0 saturated carbocycles. The number of aliphatic imine (C=N–C) groups is 1. The summed E-state index contributed by atoms with van der Waals surface area (Å²) in [6.07, 6.45) is 1.86. The number of nitrogens with zero attached hydrogens (tertiary/aromatic N) is 2. The molecule has 0 aliphatic heterocycles. The number of halogens is 3. The number of aryl methyl sites for hydroxylation is 1. The SMILES string of the molecule is Cc1cc(N(CCCl)CCCl)ccc1C=NCc1ccc(F)cc1. The van der Waals surface area contributed by atoms with Gasteiger partial charge in [-0.05, 0) is 47.9 Å². The van der Waals surface area contributed by atoms with Gasteiger partial charge in [0.2, 0.25) is 0 Å². The fourth-order valence-corrected chi connectivity index (χ4v) is 2.82. The lowest BCUT2D eigenvalue weighted by Crippen LogP contribution is -2.27. The van der Waals surface area contributed by atoms with E-state index in [-0.39, 0.29) is 5.82 Å². The maximum Gasteiger partial charge on any atom is 0.123 e. The Balaban J connectivity index is 2.05. The van der Waals surface area contributed by atoms with Gasteiger partial charge in [-0.1, -0.05) is 18.2 Å². The molecule has 2 aromatic rings. The van der Waals surface area contributed by atoms with Crippen LogP contribution in [0.5, 0.6) is 0 Å². The van der Waals surface area contributed by atoms with Gasteiger partial charge in [-0.3, -0.25) is 4.99 Å². The molecule has 0 spiro atoms. The molecule has 0 unspecified atom stereocenters. The molecule has 0 atom stereocenters. The predicted octanol–water partition coefficient (Wildman–Crippen LogP) is 5.04. The number of anilines is 1. The number of rotatable bonds is 8. The summed E-state index contributed by atoms with van der Waals surface area (Å²) in [5.74, 6) is 0.904. The second-order valence-corrected chi connectivity index (χ2v) is 6.26. The minimum Gasteiger partial charge on any atom is -0.369 e. The van der Waals surface area contributed by atoms with Gasteiger partial charge < -0.3 is 4.90 Å². The molecule has 0 heterocycles. The van der Waals surface area contributed by atoms with E-state index < -0.39 is 0 Å². The molecule has 2 rings (SSSR count). The van der Waals surface area contributed by atoms with Crippen molar-refractivity contribution in [1.82, 2.24) is 0 Å². The van der Waals surface area contributed by atoms with Gasteiger partial charge in [0.25, 0.3) is 0 Å². The van der Waals surface area contributed by atoms with E-state index >= 15 is 0 Å². The van der Waals surface area contributed by atoms with Crippen LogP contribution < -0.4 is 4.90 Å². The van der Waals surface area contributed by atoms with Crippen LogP contribution in [0.3, 0.4) is 0 Å². The van der Waals surface area contributed by atoms with E-state index in [0.29, 0.717) is 18.3 Å². The van der Waals surface area contributed by atoms with Crippen molar-refractivity contribution >= 4 is 35.1 Å². The normalized spacial score (nSPS) is 11.2. The zero-order valence-electron chi connectivity index (χ0n) is 13.7. The molecular formula is C19H21Cl2FN2. The highest BCUT2D eigenvalue weighted by Crippen LogP contribution is 2.19. The third-order valence-electron chi connectivity index (χ3n) is 3.74. The van der Waals surface area contributed by atoms with Crippen molar-refractivity contribution in [2.24, 2.45) is 4.99 Å². The molecule has 0 fully saturated rings. The Labute approximate surface area is 152 Å². The highest BCUT2D eigenvalue weighted by molar-refractivity contribution is 6.18. The molecule has 0 aliphatic carbocycles. The largest absolute Gasteiger partial charge is 0.369 e. The lowest BCUT2D eigenvalue weighted by molar-refractivity contribution is 0.627. The Bertz CT molecular complexity index is 666. The second-order valence-electron chi connectivity index (χ2n) is 5.50. The van der Waals surface area contributed by atoms with Crippen LogP contribution >= 0.6 is 23.2 Å². The van der Waals surface area contributed by atoms with Gasteiger partial charge in [0, 0.05) is 36.8 Å². The quantitative estimate of drug-likeness (QED) is 0.472. The zero-order chi connectivity index (χ0) is 17.4. The third kappa shape index (κ3) is 5.50. The van der Waals surface area contributed by atoms with Crippen molar-refractivity contribution < 1.29 is 4.39 Å². The Morgan fingerprint density at radius 3 is 2.29 bits per heavy atom. The molecule has 0 aromatic heterocycles. The van der Waals surface area contributed by atoms with Crippen LogP contribution in [0, 0.1) is 12.7 Å². The molecule has 5 heteroatoms. The van der Waals surface area contributed by atoms with Crippen LogP contribution in [0.4, 0.5) is 10.1 Å². The minimum absolute atomic E-state index is 0.229. The van der Waals surface area contributed by atoms with Crippen molar-refractivity contribution in [3.8, 4) is 0 Å². The van der Waals surface area contributed by atoms with Crippen LogP contribution in [0.2, 0.25) is 0 Å². The number of alkyl halides is 2. The summed E-state index contributed by atoms with van der Waals surface area (Å²) < 4.78 is 12.9. The van der Waals surface area contributed by atoms with Gasteiger partial charge in [-0.25, -0.2) is 4.39 Å². The third-order valence-corrected chi connectivity index (χ3v) is 4.08. The molecular weight excluding hydrogens is 346 g/mol. The van der Waals surface area contributed by atoms with E-state index in [1.54, 1.807) is 12.1 Å². The Morgan fingerprint density at radius 1 is 1.04 bits per heavy atom. The van der Waals surface area contributed by atoms with E-state index in [4.69, 9.17) is 23.2 Å². The summed E-state index contributed by atoms with van der Waals surface area (Å²) in [4.78, 5) is 6.62. The molecule has 0 radical (unpaired) electrons. The smallest absolute Gasteiger partial charge is 0.123 e. The first-order valence-electron chi connectivity index (χ1n) is 7.86. The summed E-state index contributed by atoms with van der Waals surface area (Å²) in [6.45, 7) is 4.13. The van der Waals surface area contributed by atoms with E-state index in [9.17, 15) is 4.39 Å². The molecule has 0 N–H and O–H groups in total. The van der Waals surface area contributed by atoms with Gasteiger partial charge >= 0.3 is 0 Å². The van der Waals surface area contributed by atoms with Gasteiger partial charge in [0.1, 0.15) is 5.82 Å². The molecule has 2 aromatic carbocycles. The average Bonchev–Trinajstić information content (AvgIpc) is 2.58. The first-order valence-corrected chi connectivity index (χ1v) is 8.92. The maximum atomic E-state index is 12.9. The molecule has 0 aliphatic rings. The van der Waals surface area contributed by atoms with Crippen molar-refractivity contribution in [1.29, 1.82) is 0 Å². The van der Waals surface area contributed by atoms with Crippen LogP contribution in [0.25, 0.3) is 0 Å². The summed E-state index contributed by atoms with van der Waals surface area (Å²) in [6, 6.07) is 12.6. The number of hydrogen-bond donors (Lipinski definition) is 0.